The van der Waals surface area contributed by atoms with E-state index >= 15 is 0 Å². The predicted molar refractivity (Wildman–Crippen MR) is 360 cm³/mol. The van der Waals surface area contributed by atoms with Gasteiger partial charge in [0.2, 0.25) is 0 Å². The van der Waals surface area contributed by atoms with E-state index in [0.717, 1.165) is 34.1 Å². The average molecular weight is 1090 g/mol. The van der Waals surface area contributed by atoms with Crippen LogP contribution in [0.2, 0.25) is 19.6 Å². The first kappa shape index (κ1) is 50.7. The first-order valence-corrected chi connectivity index (χ1v) is 33.1. The molecule has 0 aliphatic rings. The van der Waals surface area contributed by atoms with E-state index in [-0.39, 0.29) is 0 Å². The van der Waals surface area contributed by atoms with Gasteiger partial charge in [0, 0.05) is 39.0 Å². The van der Waals surface area contributed by atoms with Crippen LogP contribution in [-0.4, -0.2) is 14.3 Å². The zero-order chi connectivity index (χ0) is 55.3. The van der Waals surface area contributed by atoms with Crippen molar-refractivity contribution in [2.45, 2.75) is 24.5 Å². The Hall–Kier alpha value is -9.45. The van der Waals surface area contributed by atoms with E-state index < -0.39 is 8.07 Å². The van der Waals surface area contributed by atoms with Gasteiger partial charge in [0.15, 0.2) is 0 Å². The number of fused-ring (bicyclic) bond motifs is 5. The van der Waals surface area contributed by atoms with Crippen molar-refractivity contribution < 1.29 is 0 Å². The maximum atomic E-state index is 2.41. The molecule has 0 unspecified atom stereocenters. The molecule has 0 heterocycles. The summed E-state index contributed by atoms with van der Waals surface area (Å²) < 4.78 is 0. The molecule has 0 spiro atoms. The van der Waals surface area contributed by atoms with Crippen LogP contribution in [0.4, 0.5) is 34.1 Å². The Kier molecular flexibility index (Phi) is 13.1. The molecule has 14 aromatic rings. The van der Waals surface area contributed by atoms with E-state index in [1.165, 1.54) is 108 Å². The molecule has 0 aliphatic carbocycles. The van der Waals surface area contributed by atoms with Gasteiger partial charge in [-0.3, -0.25) is 0 Å². The van der Waals surface area contributed by atoms with Gasteiger partial charge >= 0.3 is 0 Å². The summed E-state index contributed by atoms with van der Waals surface area (Å²) in [6.07, 6.45) is 2.12. The Morgan fingerprint density at radius 2 is 0.500 bits per heavy atom. The largest absolute Gasteiger partial charge is 0.311 e. The molecule has 2 nitrogen and oxygen atoms in total. The third-order valence-electron chi connectivity index (χ3n) is 16.5. The van der Waals surface area contributed by atoms with Crippen LogP contribution in [0.3, 0.4) is 0 Å². The highest BCUT2D eigenvalue weighted by Gasteiger charge is 2.24. The van der Waals surface area contributed by atoms with Crippen molar-refractivity contribution in [2.75, 3.05) is 16.1 Å². The summed E-state index contributed by atoms with van der Waals surface area (Å²) in [6.45, 7) is 7.22. The molecule has 0 aromatic heterocycles. The van der Waals surface area contributed by atoms with Gasteiger partial charge in [-0.15, -0.1) is 11.8 Å². The average Bonchev–Trinajstić information content (AvgIpc) is 2.58. The van der Waals surface area contributed by atoms with Crippen LogP contribution >= 0.6 is 11.8 Å². The number of hydrogen-bond donors (Lipinski definition) is 0. The molecule has 0 fully saturated rings. The highest BCUT2D eigenvalue weighted by atomic mass is 32.2. The molecular formula is C78H60N2SSi. The van der Waals surface area contributed by atoms with Gasteiger partial charge in [0.25, 0.3) is 0 Å². The third kappa shape index (κ3) is 9.02. The first-order chi connectivity index (χ1) is 40.3. The molecule has 0 atom stereocenters. The summed E-state index contributed by atoms with van der Waals surface area (Å²) in [5.41, 5.74) is 16.6. The molecule has 0 amide bonds. The van der Waals surface area contributed by atoms with Crippen LogP contribution in [0, 0.1) is 0 Å². The lowest BCUT2D eigenvalue weighted by Gasteiger charge is -2.27. The Balaban J connectivity index is 0.892. The molecule has 0 aliphatic heterocycles. The Labute approximate surface area is 486 Å². The van der Waals surface area contributed by atoms with Gasteiger partial charge in [-0.25, -0.2) is 0 Å². The molecule has 14 rings (SSSR count). The predicted octanol–water partition coefficient (Wildman–Crippen LogP) is 22.3. The van der Waals surface area contributed by atoms with Gasteiger partial charge < -0.3 is 9.80 Å². The van der Waals surface area contributed by atoms with Crippen molar-refractivity contribution in [3.63, 3.8) is 0 Å². The number of benzene rings is 14. The van der Waals surface area contributed by atoms with Gasteiger partial charge in [-0.2, -0.15) is 0 Å². The van der Waals surface area contributed by atoms with Crippen LogP contribution in [0.1, 0.15) is 0 Å². The minimum Gasteiger partial charge on any atom is -0.311 e. The van der Waals surface area contributed by atoms with E-state index in [2.05, 4.69) is 327 Å². The second-order valence-electron chi connectivity index (χ2n) is 22.3. The minimum atomic E-state index is -1.47. The monoisotopic (exact) mass is 1080 g/mol. The van der Waals surface area contributed by atoms with E-state index in [9.17, 15) is 0 Å². The lowest BCUT2D eigenvalue weighted by Crippen LogP contribution is -2.37. The number of thioether (sulfide) groups is 1. The fourth-order valence-corrected chi connectivity index (χ4v) is 14.2. The van der Waals surface area contributed by atoms with Crippen LogP contribution in [-0.2, 0) is 0 Å². The van der Waals surface area contributed by atoms with Gasteiger partial charge in [0.05, 0.1) is 8.07 Å². The molecule has 392 valence electrons. The van der Waals surface area contributed by atoms with E-state index in [1.54, 1.807) is 11.8 Å². The summed E-state index contributed by atoms with van der Waals surface area (Å²) in [5, 5.41) is 13.8. The smallest absolute Gasteiger partial charge is 0.0775 e. The number of para-hydroxylation sites is 2. The van der Waals surface area contributed by atoms with Crippen LogP contribution in [0.15, 0.2) is 296 Å². The van der Waals surface area contributed by atoms with Crippen molar-refractivity contribution in [3.8, 4) is 44.5 Å². The maximum Gasteiger partial charge on any atom is 0.0775 e. The molecule has 0 saturated carbocycles. The quantitative estimate of drug-likeness (QED) is 0.0684. The van der Waals surface area contributed by atoms with Crippen molar-refractivity contribution in [1.82, 2.24) is 0 Å². The number of rotatable bonds is 12. The molecule has 0 radical (unpaired) electrons. The zero-order valence-electron chi connectivity index (χ0n) is 46.5. The summed E-state index contributed by atoms with van der Waals surface area (Å²) in [5.74, 6) is 0. The fraction of sp³-hybridized carbons (Fsp3) is 0.0513. The first-order valence-electron chi connectivity index (χ1n) is 28.4. The Morgan fingerprint density at radius 1 is 0.244 bits per heavy atom. The number of hydrogen-bond acceptors (Lipinski definition) is 3. The molecule has 82 heavy (non-hydrogen) atoms. The van der Waals surface area contributed by atoms with E-state index in [1.807, 2.05) is 0 Å². The van der Waals surface area contributed by atoms with Crippen LogP contribution in [0.25, 0.3) is 98.4 Å². The van der Waals surface area contributed by atoms with Crippen molar-refractivity contribution in [3.05, 3.63) is 291 Å². The van der Waals surface area contributed by atoms with E-state index in [4.69, 9.17) is 0 Å². The SMILES string of the molecule is CSc1ccc(N(c2ccccc2)c2ccc(-c3c4ccccc4c(-c4ccc(-c5c6ccccc6c(-c6ccc(N(c7ccccc7)c7ccc([Si](C)(C)C)cc7)cc6)c6ccccc56)c5ccccc45)c4ccccc34)cc2)cc1. The molecule has 0 bridgehead atoms. The normalized spacial score (nSPS) is 11.7. The van der Waals surface area contributed by atoms with E-state index in [0.29, 0.717) is 0 Å². The van der Waals surface area contributed by atoms with Gasteiger partial charge in [0.1, 0.15) is 0 Å². The summed E-state index contributed by atoms with van der Waals surface area (Å²) in [6, 6.07) is 108. The van der Waals surface area contributed by atoms with Gasteiger partial charge in [-0.1, -0.05) is 231 Å². The molecular weight excluding hydrogens is 1030 g/mol. The van der Waals surface area contributed by atoms with Crippen molar-refractivity contribution >= 4 is 113 Å². The fourth-order valence-electron chi connectivity index (χ4n) is 12.6. The maximum absolute atomic E-state index is 2.41. The second kappa shape index (κ2) is 21.2. The molecule has 0 saturated heterocycles. The standard InChI is InChI=1S/C78H60N2SSi/c1-81-61-47-43-59(44-48-61)79(55-21-7-5-8-22-55)57-39-35-53(36-40-57)75-65-27-13-17-31-69(65)77(70-32-18-14-28-66(70)75)73-51-52-74(64-26-12-11-25-63(64)73)78-71-33-19-15-29-67(71)76(68-30-16-20-34-72(68)78)54-37-41-58(42-38-54)80(56-23-9-6-10-24-56)60-45-49-62(50-46-60)82(2,3)4/h5-52H,1-4H3. The molecule has 4 heteroatoms. The Bertz CT molecular complexity index is 4550. The number of anilines is 6. The van der Waals surface area contributed by atoms with Crippen LogP contribution < -0.4 is 15.0 Å². The highest BCUT2D eigenvalue weighted by Crippen LogP contribution is 2.50. The highest BCUT2D eigenvalue weighted by molar-refractivity contribution is 7.98. The zero-order valence-corrected chi connectivity index (χ0v) is 48.3. The lowest BCUT2D eigenvalue weighted by molar-refractivity contribution is 1.27. The second-order valence-corrected chi connectivity index (χ2v) is 28.3. The topological polar surface area (TPSA) is 6.48 Å². The molecule has 14 aromatic carbocycles. The number of nitrogens with zero attached hydrogens (tertiary/aromatic N) is 2. The van der Waals surface area contributed by atoms with Gasteiger partial charge in [-0.05, 0) is 190 Å². The minimum absolute atomic E-state index is 1.11. The van der Waals surface area contributed by atoms with Crippen LogP contribution in [0.5, 0.6) is 0 Å². The third-order valence-corrected chi connectivity index (χ3v) is 19.3. The summed E-state index contributed by atoms with van der Waals surface area (Å²) in [7, 11) is -1.47. The summed E-state index contributed by atoms with van der Waals surface area (Å²) >= 11 is 1.76. The summed E-state index contributed by atoms with van der Waals surface area (Å²) in [4.78, 5) is 5.96. The molecule has 0 N–H and O–H groups in total. The van der Waals surface area contributed by atoms with Crippen molar-refractivity contribution in [2.24, 2.45) is 0 Å². The van der Waals surface area contributed by atoms with Crippen molar-refractivity contribution in [1.29, 1.82) is 0 Å². The lowest BCUT2D eigenvalue weighted by atomic mass is 9.82. The Morgan fingerprint density at radius 3 is 0.805 bits per heavy atom.